The molecule has 0 fully saturated rings. The monoisotopic (exact) mass is 448 g/mol. The van der Waals surface area contributed by atoms with Gasteiger partial charge in [-0.05, 0) is 29.7 Å². The quantitative estimate of drug-likeness (QED) is 0.337. The maximum absolute atomic E-state index is 7.47. The second kappa shape index (κ2) is 7.46. The SMILES string of the molecule is CC(C)(C)C1=PC(C(C)(C)C)=C(c2ccccc2)[Si]([Si](C)(C)C)([Si](C)(C)C)O1. The number of allylic oxidation sites excluding steroid dienone is 1. The first-order valence-corrected chi connectivity index (χ1v) is 22.3. The van der Waals surface area contributed by atoms with Crippen LogP contribution < -0.4 is 0 Å². The van der Waals surface area contributed by atoms with Gasteiger partial charge in [0, 0.05) is 5.41 Å². The molecule has 5 heteroatoms. The van der Waals surface area contributed by atoms with E-state index >= 15 is 0 Å². The summed E-state index contributed by atoms with van der Waals surface area (Å²) in [6.07, 6.45) is 0. The molecule has 156 valence electrons. The van der Waals surface area contributed by atoms with Crippen LogP contribution in [0.5, 0.6) is 0 Å². The van der Waals surface area contributed by atoms with Crippen molar-refractivity contribution in [1.29, 1.82) is 0 Å². The maximum atomic E-state index is 7.47. The normalized spacial score (nSPS) is 19.5. The molecule has 0 saturated heterocycles. The van der Waals surface area contributed by atoms with E-state index in [1.54, 1.807) is 10.5 Å². The highest BCUT2D eigenvalue weighted by Crippen LogP contribution is 2.54. The summed E-state index contributed by atoms with van der Waals surface area (Å²) in [7, 11) is -4.15. The average Bonchev–Trinajstić information content (AvgIpc) is 2.50. The Kier molecular flexibility index (Phi) is 6.40. The molecule has 1 heterocycles. The van der Waals surface area contributed by atoms with Crippen molar-refractivity contribution in [2.45, 2.75) is 80.8 Å². The van der Waals surface area contributed by atoms with Gasteiger partial charge in [0.25, 0.3) is 0 Å². The Morgan fingerprint density at radius 3 is 1.57 bits per heavy atom. The molecule has 0 N–H and O–H groups in total. The van der Waals surface area contributed by atoms with Crippen molar-refractivity contribution < 1.29 is 4.43 Å². The Hall–Kier alpha value is -0.259. The van der Waals surface area contributed by atoms with E-state index in [2.05, 4.69) is 111 Å². The average molecular weight is 449 g/mol. The molecule has 0 amide bonds. The summed E-state index contributed by atoms with van der Waals surface area (Å²) in [6, 6.07) is 11.2. The van der Waals surface area contributed by atoms with E-state index in [9.17, 15) is 0 Å². The lowest BCUT2D eigenvalue weighted by molar-refractivity contribution is 0.457. The highest BCUT2D eigenvalue weighted by atomic mass is 31.1. The largest absolute Gasteiger partial charge is 0.385 e. The summed E-state index contributed by atoms with van der Waals surface area (Å²) < 4.78 is 7.47. The zero-order chi connectivity index (χ0) is 21.8. The standard InChI is InChI=1S/C23H41OPSi3/c1-22(2,3)20-19(18-16-14-13-15-17-18)28(26(7,8)9,27(10,11)12)24-21(25-20)23(4,5)6/h13-17H,1-12H3. The van der Waals surface area contributed by atoms with Crippen LogP contribution in [0.2, 0.25) is 39.3 Å². The second-order valence-electron chi connectivity index (χ2n) is 12.3. The molecule has 28 heavy (non-hydrogen) atoms. The van der Waals surface area contributed by atoms with Crippen molar-refractivity contribution in [2.24, 2.45) is 10.8 Å². The number of benzene rings is 1. The number of hydrogen-bond donors (Lipinski definition) is 0. The van der Waals surface area contributed by atoms with E-state index < -0.39 is 22.5 Å². The van der Waals surface area contributed by atoms with Gasteiger partial charge in [0.15, 0.2) is 0 Å². The van der Waals surface area contributed by atoms with Gasteiger partial charge in [-0.2, -0.15) is 0 Å². The zero-order valence-electron chi connectivity index (χ0n) is 20.2. The minimum absolute atomic E-state index is 0.0673. The predicted molar refractivity (Wildman–Crippen MR) is 138 cm³/mol. The topological polar surface area (TPSA) is 9.23 Å². The van der Waals surface area contributed by atoms with Crippen LogP contribution in [0, 0.1) is 10.8 Å². The minimum atomic E-state index is -2.19. The van der Waals surface area contributed by atoms with Crippen molar-refractivity contribution in [3.63, 3.8) is 0 Å². The van der Waals surface area contributed by atoms with Crippen molar-refractivity contribution in [2.75, 3.05) is 0 Å². The van der Waals surface area contributed by atoms with E-state index in [0.717, 1.165) is 0 Å². The third-order valence-corrected chi connectivity index (χ3v) is 42.3. The Balaban J connectivity index is 3.10. The molecule has 0 aliphatic carbocycles. The molecule has 0 saturated carbocycles. The molecule has 1 nitrogen and oxygen atoms in total. The molecule has 0 unspecified atom stereocenters. The lowest BCUT2D eigenvalue weighted by atomic mass is 9.94. The summed E-state index contributed by atoms with van der Waals surface area (Å²) in [6.45, 7) is 29.6. The fourth-order valence-electron chi connectivity index (χ4n) is 4.53. The zero-order valence-corrected chi connectivity index (χ0v) is 24.1. The fourth-order valence-corrected chi connectivity index (χ4v) is 49.9. The maximum Gasteiger partial charge on any atom is 0.205 e. The molecule has 1 aromatic carbocycles. The van der Waals surface area contributed by atoms with E-state index in [-0.39, 0.29) is 10.8 Å². The van der Waals surface area contributed by atoms with Crippen LogP contribution in [-0.2, 0) is 4.43 Å². The minimum Gasteiger partial charge on any atom is -0.385 e. The Labute approximate surface area is 178 Å². The molecule has 0 spiro atoms. The molecular formula is C23H41OPSi3. The summed E-state index contributed by atoms with van der Waals surface area (Å²) in [4.78, 5) is 0. The fraction of sp³-hybridized carbons (Fsp3) is 0.609. The van der Waals surface area contributed by atoms with Gasteiger partial charge in [0.05, 0.1) is 20.7 Å². The van der Waals surface area contributed by atoms with Crippen LogP contribution in [0.4, 0.5) is 0 Å². The summed E-state index contributed by atoms with van der Waals surface area (Å²) in [5.74, 6) is 0. The molecular weight excluding hydrogens is 407 g/mol. The molecule has 0 radical (unpaired) electrons. The second-order valence-corrected chi connectivity index (χ2v) is 39.2. The van der Waals surface area contributed by atoms with Crippen LogP contribution in [0.1, 0.15) is 47.1 Å². The van der Waals surface area contributed by atoms with Gasteiger partial charge in [-0.1, -0.05) is 111 Å². The van der Waals surface area contributed by atoms with Gasteiger partial charge in [-0.15, -0.1) is 0 Å². The highest BCUT2D eigenvalue weighted by Gasteiger charge is 2.63. The van der Waals surface area contributed by atoms with Gasteiger partial charge in [-0.3, -0.25) is 0 Å². The highest BCUT2D eigenvalue weighted by molar-refractivity contribution is 7.73. The van der Waals surface area contributed by atoms with E-state index in [1.807, 2.05) is 0 Å². The summed E-state index contributed by atoms with van der Waals surface area (Å²) >= 11 is 0. The van der Waals surface area contributed by atoms with Crippen LogP contribution in [0.15, 0.2) is 35.6 Å². The van der Waals surface area contributed by atoms with Crippen LogP contribution in [0.3, 0.4) is 0 Å². The first-order chi connectivity index (χ1) is 12.4. The van der Waals surface area contributed by atoms with Crippen LogP contribution in [0.25, 0.3) is 5.20 Å². The van der Waals surface area contributed by atoms with Crippen molar-refractivity contribution in [1.82, 2.24) is 0 Å². The smallest absolute Gasteiger partial charge is 0.205 e. The van der Waals surface area contributed by atoms with Gasteiger partial charge >= 0.3 is 0 Å². The van der Waals surface area contributed by atoms with Gasteiger partial charge < -0.3 is 4.43 Å². The molecule has 0 bridgehead atoms. The lowest BCUT2D eigenvalue weighted by Gasteiger charge is -2.55. The van der Waals surface area contributed by atoms with Crippen molar-refractivity contribution in [3.8, 4) is 0 Å². The molecule has 1 aromatic rings. The third-order valence-electron chi connectivity index (χ3n) is 5.58. The van der Waals surface area contributed by atoms with Crippen LogP contribution >= 0.6 is 8.20 Å². The van der Waals surface area contributed by atoms with Crippen molar-refractivity contribution >= 4 is 41.4 Å². The third kappa shape index (κ3) is 4.27. The van der Waals surface area contributed by atoms with Gasteiger partial charge in [0.1, 0.15) is 0 Å². The molecule has 0 aromatic heterocycles. The molecule has 1 aliphatic heterocycles. The van der Waals surface area contributed by atoms with Crippen molar-refractivity contribution in [3.05, 3.63) is 41.2 Å². The summed E-state index contributed by atoms with van der Waals surface area (Å²) in [5, 5.41) is 3.26. The molecule has 2 rings (SSSR count). The molecule has 1 aliphatic rings. The molecule has 0 atom stereocenters. The number of hydrogen-bond acceptors (Lipinski definition) is 1. The Bertz CT molecular complexity index is 768. The van der Waals surface area contributed by atoms with E-state index in [4.69, 9.17) is 4.43 Å². The van der Waals surface area contributed by atoms with E-state index in [0.29, 0.717) is 0 Å². The first-order valence-electron chi connectivity index (χ1n) is 10.5. The first kappa shape index (κ1) is 24.0. The van der Waals surface area contributed by atoms with Gasteiger partial charge in [-0.25, -0.2) is 0 Å². The van der Waals surface area contributed by atoms with Crippen LogP contribution in [-0.4, -0.2) is 28.0 Å². The van der Waals surface area contributed by atoms with Gasteiger partial charge in [0.2, 0.25) is 7.35 Å². The number of rotatable bonds is 3. The lowest BCUT2D eigenvalue weighted by Crippen LogP contribution is -2.76. The van der Waals surface area contributed by atoms with E-state index in [1.165, 1.54) is 19.2 Å². The predicted octanol–water partition coefficient (Wildman–Crippen LogP) is 7.91. The Morgan fingerprint density at radius 2 is 1.21 bits per heavy atom. The summed E-state index contributed by atoms with van der Waals surface area (Å²) in [5.41, 5.74) is 2.93. The Morgan fingerprint density at radius 1 is 0.750 bits per heavy atom.